The van der Waals surface area contributed by atoms with E-state index in [1.807, 2.05) is 0 Å². The first-order valence-corrected chi connectivity index (χ1v) is 3.81. The van der Waals surface area contributed by atoms with Crippen LogP contribution in [-0.4, -0.2) is 18.7 Å². The normalized spacial score (nSPS) is 22.0. The van der Waals surface area contributed by atoms with E-state index < -0.39 is 5.97 Å². The number of nitrogens with one attached hydrogen (secondary N) is 1. The number of carbonyl (C=O) groups is 1. The highest BCUT2D eigenvalue weighted by Gasteiger charge is 2.21. The Labute approximate surface area is 65.9 Å². The van der Waals surface area contributed by atoms with Crippen LogP contribution in [0.2, 0.25) is 0 Å². The molecular weight excluding hydrogens is 167 g/mol. The third-order valence-electron chi connectivity index (χ3n) is 0.958. The Balaban J connectivity index is 2.01. The van der Waals surface area contributed by atoms with Gasteiger partial charge in [0.25, 0.3) is 0 Å². The van der Waals surface area contributed by atoms with Gasteiger partial charge in [0.05, 0.1) is 0 Å². The molecule has 0 aromatic rings. The van der Waals surface area contributed by atoms with Crippen molar-refractivity contribution in [2.24, 2.45) is 5.73 Å². The minimum Gasteiger partial charge on any atom is -0.415 e. The molecule has 1 aliphatic rings. The Morgan fingerprint density at radius 3 is 2.91 bits per heavy atom. The van der Waals surface area contributed by atoms with E-state index in [2.05, 4.69) is 16.4 Å². The molecule has 0 bridgehead atoms. The molecular formula is C5H9N2O3P. The third-order valence-corrected chi connectivity index (χ3v) is 1.61. The Bertz CT molecular complexity index is 181. The lowest BCUT2D eigenvalue weighted by Gasteiger charge is -2.01. The second-order valence-corrected chi connectivity index (χ2v) is 2.62. The fraction of sp³-hybridized carbons (Fsp3) is 0.400. The Kier molecular flexibility index (Phi) is 2.82. The summed E-state index contributed by atoms with van der Waals surface area (Å²) in [6.07, 6.45) is 0.0483. The highest BCUT2D eigenvalue weighted by molar-refractivity contribution is 7.27. The molecule has 62 valence electrons. The molecule has 1 heterocycles. The summed E-state index contributed by atoms with van der Waals surface area (Å²) in [5, 5.41) is 2.88. The maximum absolute atomic E-state index is 10.6. The molecule has 1 aliphatic heterocycles. The van der Waals surface area contributed by atoms with Crippen molar-refractivity contribution < 1.29 is 13.8 Å². The average molecular weight is 176 g/mol. The average Bonchev–Trinajstić information content (AvgIpc) is 2.71. The van der Waals surface area contributed by atoms with Gasteiger partial charge in [0.15, 0.2) is 0 Å². The maximum atomic E-state index is 10.6. The van der Waals surface area contributed by atoms with Crippen molar-refractivity contribution in [3.8, 4) is 0 Å². The van der Waals surface area contributed by atoms with Crippen molar-refractivity contribution in [1.82, 2.24) is 5.32 Å². The predicted molar refractivity (Wildman–Crippen MR) is 40.6 cm³/mol. The van der Waals surface area contributed by atoms with Gasteiger partial charge >= 0.3 is 5.97 Å². The molecule has 5 nitrogen and oxygen atoms in total. The molecule has 3 N–H and O–H groups in total. The Morgan fingerprint density at radius 2 is 2.45 bits per heavy atom. The Hall–Kier alpha value is -0.640. The fourth-order valence-electron chi connectivity index (χ4n) is 0.317. The van der Waals surface area contributed by atoms with E-state index >= 15 is 0 Å². The van der Waals surface area contributed by atoms with Crippen LogP contribution in [0.25, 0.3) is 0 Å². The summed E-state index contributed by atoms with van der Waals surface area (Å²) in [7, 11) is -0.305. The van der Waals surface area contributed by atoms with Crippen molar-refractivity contribution in [3.05, 3.63) is 12.3 Å². The summed E-state index contributed by atoms with van der Waals surface area (Å²) >= 11 is 0. The fourth-order valence-corrected chi connectivity index (χ4v) is 0.855. The van der Waals surface area contributed by atoms with Crippen molar-refractivity contribution >= 4 is 15.0 Å². The van der Waals surface area contributed by atoms with Gasteiger partial charge in [-0.05, 0) is 0 Å². The van der Waals surface area contributed by atoms with Gasteiger partial charge in [0.2, 0.25) is 9.03 Å². The van der Waals surface area contributed by atoms with E-state index in [1.165, 1.54) is 0 Å². The molecule has 1 saturated heterocycles. The highest BCUT2D eigenvalue weighted by atomic mass is 31.1. The molecule has 0 amide bonds. The van der Waals surface area contributed by atoms with Crippen molar-refractivity contribution in [1.29, 1.82) is 0 Å². The summed E-state index contributed by atoms with van der Waals surface area (Å²) in [6.45, 7) is 4.02. The molecule has 0 aromatic heterocycles. The smallest absolute Gasteiger partial charge is 0.357 e. The second kappa shape index (κ2) is 3.67. The van der Waals surface area contributed by atoms with Crippen LogP contribution in [0.4, 0.5) is 0 Å². The summed E-state index contributed by atoms with van der Waals surface area (Å²) in [6, 6.07) is 0. The summed E-state index contributed by atoms with van der Waals surface area (Å²) < 4.78 is 9.51. The standard InChI is InChI=1S/C5H9N2O3P/c1-3(6)5(8)10-11-9-4-2-7-4/h4,7,11H,1-2,6H2. The molecule has 11 heavy (non-hydrogen) atoms. The van der Waals surface area contributed by atoms with E-state index in [1.54, 1.807) is 0 Å². The van der Waals surface area contributed by atoms with Crippen LogP contribution in [0.15, 0.2) is 12.3 Å². The minimum absolute atomic E-state index is 0.0483. The maximum Gasteiger partial charge on any atom is 0.357 e. The van der Waals surface area contributed by atoms with Crippen molar-refractivity contribution in [2.45, 2.75) is 6.23 Å². The lowest BCUT2D eigenvalue weighted by atomic mass is 10.5. The van der Waals surface area contributed by atoms with Crippen LogP contribution in [-0.2, 0) is 13.8 Å². The predicted octanol–water partition coefficient (Wildman–Crippen LogP) is -0.544. The number of rotatable bonds is 4. The highest BCUT2D eigenvalue weighted by Crippen LogP contribution is 2.19. The van der Waals surface area contributed by atoms with Crippen molar-refractivity contribution in [2.75, 3.05) is 6.54 Å². The molecule has 0 aromatic carbocycles. The molecule has 0 radical (unpaired) electrons. The molecule has 0 saturated carbocycles. The van der Waals surface area contributed by atoms with E-state index in [-0.39, 0.29) is 21.0 Å². The van der Waals surface area contributed by atoms with E-state index in [4.69, 9.17) is 10.3 Å². The summed E-state index contributed by atoms with van der Waals surface area (Å²) in [5.41, 5.74) is 4.93. The third kappa shape index (κ3) is 3.32. The molecule has 1 rings (SSSR count). The van der Waals surface area contributed by atoms with Crippen LogP contribution in [0, 0.1) is 0 Å². The van der Waals surface area contributed by atoms with Gasteiger partial charge in [-0.2, -0.15) is 0 Å². The van der Waals surface area contributed by atoms with Crippen LogP contribution >= 0.6 is 9.03 Å². The van der Waals surface area contributed by atoms with Crippen LogP contribution in [0.3, 0.4) is 0 Å². The monoisotopic (exact) mass is 176 g/mol. The molecule has 1 fully saturated rings. The number of hydrogen-bond donors (Lipinski definition) is 2. The largest absolute Gasteiger partial charge is 0.415 e. The number of carbonyl (C=O) groups excluding carboxylic acids is 1. The Morgan fingerprint density at radius 1 is 1.82 bits per heavy atom. The van der Waals surface area contributed by atoms with Gasteiger partial charge in [0, 0.05) is 6.54 Å². The SMILES string of the molecule is C=C(N)C(=O)OPOC1CN1. The lowest BCUT2D eigenvalue weighted by Crippen LogP contribution is -2.09. The quantitative estimate of drug-likeness (QED) is 0.341. The first kappa shape index (κ1) is 8.46. The molecule has 2 unspecified atom stereocenters. The second-order valence-electron chi connectivity index (χ2n) is 2.01. The zero-order chi connectivity index (χ0) is 8.27. The van der Waals surface area contributed by atoms with Gasteiger partial charge in [-0.15, -0.1) is 0 Å². The van der Waals surface area contributed by atoms with Crippen LogP contribution < -0.4 is 11.1 Å². The first-order chi connectivity index (χ1) is 5.20. The van der Waals surface area contributed by atoms with E-state index in [9.17, 15) is 4.79 Å². The van der Waals surface area contributed by atoms with E-state index in [0.29, 0.717) is 0 Å². The lowest BCUT2D eigenvalue weighted by molar-refractivity contribution is -0.129. The zero-order valence-electron chi connectivity index (χ0n) is 5.79. The van der Waals surface area contributed by atoms with Gasteiger partial charge < -0.3 is 14.8 Å². The topological polar surface area (TPSA) is 83.5 Å². The zero-order valence-corrected chi connectivity index (χ0v) is 6.79. The summed E-state index contributed by atoms with van der Waals surface area (Å²) in [4.78, 5) is 10.6. The molecule has 6 heteroatoms. The molecule has 0 aliphatic carbocycles. The van der Waals surface area contributed by atoms with Crippen molar-refractivity contribution in [3.63, 3.8) is 0 Å². The number of hydrogen-bond acceptors (Lipinski definition) is 5. The number of nitrogens with two attached hydrogens (primary N) is 1. The first-order valence-electron chi connectivity index (χ1n) is 2.99. The van der Waals surface area contributed by atoms with E-state index in [0.717, 1.165) is 6.54 Å². The van der Waals surface area contributed by atoms with Crippen LogP contribution in [0.5, 0.6) is 0 Å². The molecule has 0 spiro atoms. The van der Waals surface area contributed by atoms with Crippen LogP contribution in [0.1, 0.15) is 0 Å². The molecule has 2 atom stereocenters. The minimum atomic E-state index is -0.621. The van der Waals surface area contributed by atoms with Gasteiger partial charge in [-0.1, -0.05) is 6.58 Å². The summed E-state index contributed by atoms with van der Waals surface area (Å²) in [5.74, 6) is -0.621. The van der Waals surface area contributed by atoms with Gasteiger partial charge in [-0.25, -0.2) is 4.79 Å². The van der Waals surface area contributed by atoms with Gasteiger partial charge in [-0.3, -0.25) is 5.32 Å². The van der Waals surface area contributed by atoms with Gasteiger partial charge in [0.1, 0.15) is 11.9 Å².